The molecule has 2 atom stereocenters. The number of hydrogen-bond donors (Lipinski definition) is 1. The van der Waals surface area contributed by atoms with Crippen molar-refractivity contribution in [1.29, 1.82) is 0 Å². The predicted octanol–water partition coefficient (Wildman–Crippen LogP) is 2.54. The highest BCUT2D eigenvalue weighted by molar-refractivity contribution is 6.02. The lowest BCUT2D eigenvalue weighted by atomic mass is 10.0. The van der Waals surface area contributed by atoms with Crippen LogP contribution in [0, 0.1) is 11.8 Å². The second-order valence-corrected chi connectivity index (χ2v) is 4.60. The number of benzene rings is 1. The smallest absolute Gasteiger partial charge is 0.307 e. The molecule has 3 nitrogen and oxygen atoms in total. The van der Waals surface area contributed by atoms with Gasteiger partial charge in [-0.15, -0.1) is 0 Å². The van der Waals surface area contributed by atoms with E-state index in [1.54, 1.807) is 0 Å². The van der Waals surface area contributed by atoms with Gasteiger partial charge < -0.3 is 5.11 Å². The van der Waals surface area contributed by atoms with E-state index in [4.69, 9.17) is 5.11 Å². The number of carboxylic acids is 1. The van der Waals surface area contributed by atoms with Gasteiger partial charge in [0.25, 0.3) is 0 Å². The fraction of sp³-hybridized carbons (Fsp3) is 0.429. The fourth-order valence-electron chi connectivity index (χ4n) is 2.10. The molecule has 0 saturated heterocycles. The molecule has 0 radical (unpaired) electrons. The number of aryl methyl sites for hydroxylation is 1. The summed E-state index contributed by atoms with van der Waals surface area (Å²) in [4.78, 5) is 22.6. The third-order valence-corrected chi connectivity index (χ3v) is 3.22. The molecule has 1 aliphatic carbocycles. The van der Waals surface area contributed by atoms with E-state index in [9.17, 15) is 9.59 Å². The molecular weight excluding hydrogens is 216 g/mol. The SMILES string of the molecule is CCCc1ccc(C(=O)[C@@H]2C[C@@H]2C(=O)O)cc1. The van der Waals surface area contributed by atoms with Crippen molar-refractivity contribution in [3.8, 4) is 0 Å². The van der Waals surface area contributed by atoms with E-state index in [0.29, 0.717) is 12.0 Å². The van der Waals surface area contributed by atoms with Gasteiger partial charge in [0.2, 0.25) is 0 Å². The monoisotopic (exact) mass is 232 g/mol. The quantitative estimate of drug-likeness (QED) is 0.794. The molecule has 17 heavy (non-hydrogen) atoms. The van der Waals surface area contributed by atoms with Crippen LogP contribution in [-0.4, -0.2) is 16.9 Å². The summed E-state index contributed by atoms with van der Waals surface area (Å²) in [7, 11) is 0. The van der Waals surface area contributed by atoms with Gasteiger partial charge in [0.15, 0.2) is 5.78 Å². The van der Waals surface area contributed by atoms with Gasteiger partial charge in [0.1, 0.15) is 0 Å². The minimum atomic E-state index is -0.856. The van der Waals surface area contributed by atoms with Gasteiger partial charge in [-0.2, -0.15) is 0 Å². The molecule has 1 saturated carbocycles. The molecule has 1 N–H and O–H groups in total. The molecule has 0 aromatic heterocycles. The molecule has 0 bridgehead atoms. The summed E-state index contributed by atoms with van der Waals surface area (Å²) in [5.41, 5.74) is 1.85. The van der Waals surface area contributed by atoms with E-state index in [2.05, 4.69) is 6.92 Å². The molecule has 1 aliphatic rings. The molecule has 0 unspecified atom stereocenters. The normalized spacial score (nSPS) is 22.2. The zero-order chi connectivity index (χ0) is 12.4. The maximum atomic E-state index is 11.9. The molecule has 0 amide bonds. The van der Waals surface area contributed by atoms with Gasteiger partial charge in [-0.25, -0.2) is 0 Å². The third kappa shape index (κ3) is 2.54. The van der Waals surface area contributed by atoms with Crippen molar-refractivity contribution in [2.24, 2.45) is 11.8 Å². The van der Waals surface area contributed by atoms with Crippen LogP contribution in [0.15, 0.2) is 24.3 Å². The summed E-state index contributed by atoms with van der Waals surface area (Å²) in [6, 6.07) is 7.53. The Kier molecular flexibility index (Phi) is 3.27. The first-order valence-electron chi connectivity index (χ1n) is 5.99. The van der Waals surface area contributed by atoms with Crippen LogP contribution in [0.4, 0.5) is 0 Å². The highest BCUT2D eigenvalue weighted by atomic mass is 16.4. The van der Waals surface area contributed by atoms with Crippen LogP contribution >= 0.6 is 0 Å². The van der Waals surface area contributed by atoms with Crippen LogP contribution in [0.2, 0.25) is 0 Å². The van der Waals surface area contributed by atoms with Crippen molar-refractivity contribution in [2.45, 2.75) is 26.2 Å². The van der Waals surface area contributed by atoms with Crippen LogP contribution in [-0.2, 0) is 11.2 Å². The van der Waals surface area contributed by atoms with Crippen molar-refractivity contribution in [3.63, 3.8) is 0 Å². The second-order valence-electron chi connectivity index (χ2n) is 4.60. The Hall–Kier alpha value is -1.64. The van der Waals surface area contributed by atoms with Gasteiger partial charge in [-0.3, -0.25) is 9.59 Å². The molecule has 1 aromatic carbocycles. The number of rotatable bonds is 5. The number of hydrogen-bond acceptors (Lipinski definition) is 2. The van der Waals surface area contributed by atoms with Gasteiger partial charge in [-0.05, 0) is 18.4 Å². The van der Waals surface area contributed by atoms with Crippen molar-refractivity contribution < 1.29 is 14.7 Å². The summed E-state index contributed by atoms with van der Waals surface area (Å²) in [5, 5.41) is 8.78. The lowest BCUT2D eigenvalue weighted by Crippen LogP contribution is -2.08. The third-order valence-electron chi connectivity index (χ3n) is 3.22. The Morgan fingerprint density at radius 2 is 1.88 bits per heavy atom. The Morgan fingerprint density at radius 1 is 1.24 bits per heavy atom. The zero-order valence-electron chi connectivity index (χ0n) is 9.85. The van der Waals surface area contributed by atoms with Crippen molar-refractivity contribution in [2.75, 3.05) is 0 Å². The molecular formula is C14H16O3. The number of ketones is 1. The molecule has 0 spiro atoms. The van der Waals surface area contributed by atoms with E-state index in [0.717, 1.165) is 12.8 Å². The number of carboxylic acid groups (broad SMARTS) is 1. The lowest BCUT2D eigenvalue weighted by Gasteiger charge is -2.02. The van der Waals surface area contributed by atoms with Gasteiger partial charge in [0, 0.05) is 11.5 Å². The Labute approximate surface area is 100 Å². The second kappa shape index (κ2) is 4.70. The fourth-order valence-corrected chi connectivity index (χ4v) is 2.10. The van der Waals surface area contributed by atoms with E-state index in [-0.39, 0.29) is 11.7 Å². The van der Waals surface area contributed by atoms with Crippen molar-refractivity contribution in [3.05, 3.63) is 35.4 Å². The molecule has 1 aromatic rings. The summed E-state index contributed by atoms with van der Waals surface area (Å²) in [6.45, 7) is 2.11. The van der Waals surface area contributed by atoms with Gasteiger partial charge >= 0.3 is 5.97 Å². The maximum absolute atomic E-state index is 11.9. The van der Waals surface area contributed by atoms with Crippen LogP contribution in [0.5, 0.6) is 0 Å². The van der Waals surface area contributed by atoms with Crippen molar-refractivity contribution >= 4 is 11.8 Å². The number of carbonyl (C=O) groups excluding carboxylic acids is 1. The molecule has 3 heteroatoms. The molecule has 0 aliphatic heterocycles. The van der Waals surface area contributed by atoms with Crippen LogP contribution in [0.1, 0.15) is 35.7 Å². The standard InChI is InChI=1S/C14H16O3/c1-2-3-9-4-6-10(7-5-9)13(15)11-8-12(11)14(16)17/h4-7,11-12H,2-3,8H2,1H3,(H,16,17)/t11-,12+/m1/s1. The van der Waals surface area contributed by atoms with E-state index < -0.39 is 11.9 Å². The zero-order valence-corrected chi connectivity index (χ0v) is 9.85. The number of carbonyl (C=O) groups is 2. The topological polar surface area (TPSA) is 54.4 Å². The lowest BCUT2D eigenvalue weighted by molar-refractivity contribution is -0.138. The summed E-state index contributed by atoms with van der Waals surface area (Å²) >= 11 is 0. The Morgan fingerprint density at radius 3 is 2.35 bits per heavy atom. The minimum Gasteiger partial charge on any atom is -0.481 e. The number of Topliss-reactive ketones (excluding diaryl/α,β-unsaturated/α-hetero) is 1. The average Bonchev–Trinajstić information content (AvgIpc) is 3.09. The van der Waals surface area contributed by atoms with Crippen LogP contribution in [0.3, 0.4) is 0 Å². The largest absolute Gasteiger partial charge is 0.481 e. The minimum absolute atomic E-state index is 0.0274. The number of aliphatic carboxylic acids is 1. The summed E-state index contributed by atoms with van der Waals surface area (Å²) in [5.74, 6) is -1.64. The average molecular weight is 232 g/mol. The molecule has 2 rings (SSSR count). The Bertz CT molecular complexity index is 433. The summed E-state index contributed by atoms with van der Waals surface area (Å²) < 4.78 is 0. The first-order chi connectivity index (χ1) is 8.13. The molecule has 1 fully saturated rings. The highest BCUT2D eigenvalue weighted by Gasteiger charge is 2.48. The molecule has 0 heterocycles. The van der Waals surface area contributed by atoms with E-state index in [1.165, 1.54) is 5.56 Å². The first-order valence-corrected chi connectivity index (χ1v) is 5.99. The van der Waals surface area contributed by atoms with Crippen LogP contribution < -0.4 is 0 Å². The van der Waals surface area contributed by atoms with Gasteiger partial charge in [0.05, 0.1) is 5.92 Å². The van der Waals surface area contributed by atoms with E-state index in [1.807, 2.05) is 24.3 Å². The van der Waals surface area contributed by atoms with E-state index >= 15 is 0 Å². The summed E-state index contributed by atoms with van der Waals surface area (Å²) in [6.07, 6.45) is 2.58. The first kappa shape index (κ1) is 11.8. The predicted molar refractivity (Wildman–Crippen MR) is 64.0 cm³/mol. The van der Waals surface area contributed by atoms with Crippen LogP contribution in [0.25, 0.3) is 0 Å². The Balaban J connectivity index is 2.03. The highest BCUT2D eigenvalue weighted by Crippen LogP contribution is 2.41. The molecule has 90 valence electrons. The van der Waals surface area contributed by atoms with Gasteiger partial charge in [-0.1, -0.05) is 37.6 Å². The van der Waals surface area contributed by atoms with Crippen molar-refractivity contribution in [1.82, 2.24) is 0 Å². The maximum Gasteiger partial charge on any atom is 0.307 e.